The normalized spacial score (nSPS) is 9.51. The van der Waals surface area contributed by atoms with Crippen molar-refractivity contribution in [3.8, 4) is 0 Å². The van der Waals surface area contributed by atoms with Crippen LogP contribution in [-0.2, 0) is 41.1 Å². The fraction of sp³-hybridized carbons (Fsp3) is 0.125. The first-order valence-corrected chi connectivity index (χ1v) is 8.87. The van der Waals surface area contributed by atoms with Gasteiger partial charge in [0.15, 0.2) is 11.4 Å². The van der Waals surface area contributed by atoms with Gasteiger partial charge in [0.05, 0.1) is 11.9 Å². The molecule has 4 aromatic heterocycles. The second kappa shape index (κ2) is 13.8. The number of imidazole rings is 2. The molecule has 20 nitrogen and oxygen atoms in total. The molecule has 10 N–H and O–H groups in total. The molecule has 1 radical (unpaired) electrons. The van der Waals surface area contributed by atoms with E-state index in [-0.39, 0.29) is 52.8 Å². The molecule has 0 aliphatic rings. The number of hydrogen-bond acceptors (Lipinski definition) is 12. The van der Waals surface area contributed by atoms with Gasteiger partial charge in [-0.2, -0.15) is 10.2 Å². The number of nitrogens with one attached hydrogen (secondary N) is 2. The third-order valence-corrected chi connectivity index (χ3v) is 3.88. The van der Waals surface area contributed by atoms with Crippen LogP contribution in [0.15, 0.2) is 25.3 Å². The minimum atomic E-state index is -1.65. The van der Waals surface area contributed by atoms with Crippen LogP contribution in [0.2, 0.25) is 0 Å². The van der Waals surface area contributed by atoms with E-state index in [9.17, 15) is 29.4 Å². The number of carbonyl (C=O) groups is 4. The van der Waals surface area contributed by atoms with Crippen molar-refractivity contribution in [2.24, 2.45) is 0 Å². The van der Waals surface area contributed by atoms with Gasteiger partial charge < -0.3 is 50.9 Å². The molecule has 197 valence electrons. The van der Waals surface area contributed by atoms with Crippen LogP contribution in [0.4, 0.5) is 0 Å². The maximum atomic E-state index is 10.7. The number of aromatic carboxylic acids is 4. The van der Waals surface area contributed by atoms with Gasteiger partial charge in [0.25, 0.3) is 0 Å². The Hall–Kier alpha value is -4.98. The standard InChI is InChI=1S/2C8H7N5O4.Mn.2H2O/c2*14-7(15)5-6(8(16)17)12-4(11-5)1-13-3-9-2-10-13;;;/h2*2-3H,1H2,(H,11,12)(H,14,15)(H,16,17);;2*1H2/q;;+2;;. The van der Waals surface area contributed by atoms with E-state index >= 15 is 0 Å². The van der Waals surface area contributed by atoms with Crippen molar-refractivity contribution in [1.29, 1.82) is 0 Å². The summed E-state index contributed by atoms with van der Waals surface area (Å²) >= 11 is 0. The van der Waals surface area contributed by atoms with Crippen LogP contribution >= 0.6 is 0 Å². The second-order valence-corrected chi connectivity index (χ2v) is 6.19. The summed E-state index contributed by atoms with van der Waals surface area (Å²) in [6, 6.07) is 0. The molecule has 0 saturated carbocycles. The predicted molar refractivity (Wildman–Crippen MR) is 108 cm³/mol. The molecule has 0 aromatic carbocycles. The predicted octanol–water partition coefficient (Wildman–Crippen LogP) is -5.62. The molecule has 0 amide bonds. The third-order valence-electron chi connectivity index (χ3n) is 3.88. The molecule has 37 heavy (non-hydrogen) atoms. The van der Waals surface area contributed by atoms with Gasteiger partial charge in [-0.1, -0.05) is 0 Å². The van der Waals surface area contributed by atoms with Crippen LogP contribution in [0, 0.1) is 0 Å². The quantitative estimate of drug-likeness (QED) is 0.114. The molecule has 0 bridgehead atoms. The minimum absolute atomic E-state index is 0. The fourth-order valence-electron chi connectivity index (χ4n) is 2.53. The molecule has 0 aliphatic heterocycles. The number of carboxylic acids is 4. The van der Waals surface area contributed by atoms with Crippen LogP contribution in [0.1, 0.15) is 53.6 Å². The van der Waals surface area contributed by atoms with Gasteiger partial charge in [-0.25, -0.2) is 38.9 Å². The van der Waals surface area contributed by atoms with Crippen LogP contribution in [-0.4, -0.2) is 83.6 Å². The van der Waals surface area contributed by atoms with Crippen molar-refractivity contribution in [1.82, 2.24) is 49.5 Å². The van der Waals surface area contributed by atoms with Gasteiger partial charge in [-0.3, -0.25) is 0 Å². The van der Waals surface area contributed by atoms with Gasteiger partial charge in [0.1, 0.15) is 61.4 Å². The van der Waals surface area contributed by atoms with E-state index in [4.69, 9.17) is 10.2 Å². The van der Waals surface area contributed by atoms with Crippen LogP contribution in [0.25, 0.3) is 0 Å². The van der Waals surface area contributed by atoms with E-state index in [1.165, 1.54) is 34.7 Å². The van der Waals surface area contributed by atoms with Crippen molar-refractivity contribution in [3.05, 3.63) is 59.7 Å². The molecular weight excluding hydrogens is 547 g/mol. The van der Waals surface area contributed by atoms with Crippen molar-refractivity contribution in [2.45, 2.75) is 13.1 Å². The van der Waals surface area contributed by atoms with Crippen molar-refractivity contribution >= 4 is 23.9 Å². The second-order valence-electron chi connectivity index (χ2n) is 6.19. The number of H-pyrrole nitrogens is 2. The van der Waals surface area contributed by atoms with Crippen molar-refractivity contribution in [2.75, 3.05) is 0 Å². The number of carboxylic acid groups (broad SMARTS) is 4. The van der Waals surface area contributed by atoms with E-state index in [0.29, 0.717) is 0 Å². The number of aromatic nitrogens is 10. The van der Waals surface area contributed by atoms with E-state index in [0.717, 1.165) is 0 Å². The molecule has 0 saturated heterocycles. The molecule has 0 fully saturated rings. The third kappa shape index (κ3) is 8.03. The molecular formula is C16H18MnN10O10+2. The molecule has 0 spiro atoms. The molecule has 4 aromatic rings. The maximum Gasteiger partial charge on any atom is 2.00 e. The Morgan fingerprint density at radius 3 is 1.32 bits per heavy atom. The molecule has 4 heterocycles. The summed E-state index contributed by atoms with van der Waals surface area (Å²) in [7, 11) is 0. The summed E-state index contributed by atoms with van der Waals surface area (Å²) in [5.41, 5.74) is -2.29. The maximum absolute atomic E-state index is 10.7. The zero-order valence-corrected chi connectivity index (χ0v) is 19.4. The van der Waals surface area contributed by atoms with Gasteiger partial charge >= 0.3 is 29.0 Å². The zero-order chi connectivity index (χ0) is 24.8. The first-order chi connectivity index (χ1) is 16.2. The number of nitrogens with zero attached hydrogens (tertiary/aromatic N) is 8. The topological polar surface area (TPSA) is 340 Å². The Morgan fingerprint density at radius 1 is 0.757 bits per heavy atom. The average molecular weight is 565 g/mol. The largest absolute Gasteiger partial charge is 2.00 e. The Kier molecular flexibility index (Phi) is 11.9. The zero-order valence-electron chi connectivity index (χ0n) is 18.2. The Morgan fingerprint density at radius 2 is 1.11 bits per heavy atom. The summed E-state index contributed by atoms with van der Waals surface area (Å²) in [5, 5.41) is 46.4. The van der Waals surface area contributed by atoms with Gasteiger partial charge in [-0.05, 0) is 0 Å². The van der Waals surface area contributed by atoms with Gasteiger partial charge in [0.2, 0.25) is 0 Å². The summed E-state index contributed by atoms with van der Waals surface area (Å²) in [6.07, 6.45) is 5.37. The van der Waals surface area contributed by atoms with Crippen LogP contribution in [0.3, 0.4) is 0 Å². The Balaban J connectivity index is 0.000000648. The Bertz CT molecular complexity index is 1170. The SMILES string of the molecule is O=C([O-])c1nc(Cn2cncn2)[nH]c1C(=O)O.O=C([O-])c1nc(Cn2cncn2)[nH]c1C(=O)O.[Mn+2].[OH3+].[OH3+]. The summed E-state index contributed by atoms with van der Waals surface area (Å²) < 4.78 is 2.73. The first kappa shape index (κ1) is 32.0. The molecule has 0 unspecified atom stereocenters. The minimum Gasteiger partial charge on any atom is -0.543 e. The van der Waals surface area contributed by atoms with Gasteiger partial charge in [-0.15, -0.1) is 0 Å². The number of rotatable bonds is 8. The molecule has 0 atom stereocenters. The summed E-state index contributed by atoms with van der Waals surface area (Å²) in [6.45, 7) is 0.182. The van der Waals surface area contributed by atoms with Crippen molar-refractivity contribution in [3.63, 3.8) is 0 Å². The number of aromatic amines is 2. The van der Waals surface area contributed by atoms with E-state index in [1.54, 1.807) is 0 Å². The van der Waals surface area contributed by atoms with E-state index < -0.39 is 46.7 Å². The Labute approximate surface area is 214 Å². The summed E-state index contributed by atoms with van der Waals surface area (Å²) in [5.74, 6) is -5.84. The fourth-order valence-corrected chi connectivity index (χ4v) is 2.53. The van der Waals surface area contributed by atoms with Crippen LogP contribution < -0.4 is 10.2 Å². The first-order valence-electron chi connectivity index (χ1n) is 8.87. The smallest absolute Gasteiger partial charge is 0.543 e. The monoisotopic (exact) mass is 565 g/mol. The van der Waals surface area contributed by atoms with E-state index in [1.807, 2.05) is 0 Å². The number of carbonyl (C=O) groups excluding carboxylic acids is 2. The van der Waals surface area contributed by atoms with Crippen LogP contribution in [0.5, 0.6) is 0 Å². The average Bonchev–Trinajstić information content (AvgIpc) is 3.56. The molecule has 21 heteroatoms. The van der Waals surface area contributed by atoms with Gasteiger partial charge in [0, 0.05) is 0 Å². The molecule has 4 rings (SSSR count). The molecule has 0 aliphatic carbocycles. The van der Waals surface area contributed by atoms with Crippen molar-refractivity contribution < 1.29 is 67.6 Å². The van der Waals surface area contributed by atoms with E-state index in [2.05, 4.69) is 40.1 Å². The summed E-state index contributed by atoms with van der Waals surface area (Å²) in [4.78, 5) is 62.2. The number of hydrogen-bond donors (Lipinski definition) is 4.